The fraction of sp³-hybridized carbons (Fsp3) is 0.250. The maximum Gasteiger partial charge on any atom is 0.306 e. The number of rotatable bonds is 3. The number of hydrogen-bond acceptors (Lipinski definition) is 2. The molecule has 0 aliphatic heterocycles. The molecule has 0 saturated heterocycles. The van der Waals surface area contributed by atoms with Crippen molar-refractivity contribution in [3.05, 3.63) is 34.2 Å². The van der Waals surface area contributed by atoms with E-state index in [0.717, 1.165) is 15.6 Å². The second-order valence-electron chi connectivity index (χ2n) is 3.84. The van der Waals surface area contributed by atoms with Gasteiger partial charge in [0.15, 0.2) is 0 Å². The normalized spacial score (nSPS) is 12.9. The minimum absolute atomic E-state index is 0.353. The maximum atomic E-state index is 10.8. The van der Waals surface area contributed by atoms with Crippen LogP contribution >= 0.6 is 22.9 Å². The molecule has 0 aliphatic carbocycles. The summed E-state index contributed by atoms with van der Waals surface area (Å²) in [7, 11) is 0. The number of carbonyl (C=O) groups is 1. The predicted molar refractivity (Wildman–Crippen MR) is 67.3 cm³/mol. The molecule has 1 N–H and O–H groups in total. The van der Waals surface area contributed by atoms with Crippen molar-refractivity contribution in [2.45, 2.75) is 13.3 Å². The van der Waals surface area contributed by atoms with E-state index >= 15 is 0 Å². The standard InChI is InChI=1S/C12H11ClO2S/c1-7(12(14)15)4-8-6-16-11-5-9(13)2-3-10(8)11/h2-3,5-7H,4H2,1H3,(H,14,15). The molecule has 0 fully saturated rings. The molecule has 2 aromatic rings. The first-order valence-electron chi connectivity index (χ1n) is 4.96. The predicted octanol–water partition coefficient (Wildman–Crippen LogP) is 3.82. The zero-order valence-electron chi connectivity index (χ0n) is 8.74. The van der Waals surface area contributed by atoms with Gasteiger partial charge >= 0.3 is 5.97 Å². The van der Waals surface area contributed by atoms with E-state index in [1.54, 1.807) is 18.3 Å². The molecule has 4 heteroatoms. The highest BCUT2D eigenvalue weighted by atomic mass is 35.5. The van der Waals surface area contributed by atoms with E-state index in [2.05, 4.69) is 0 Å². The van der Waals surface area contributed by atoms with Gasteiger partial charge in [-0.1, -0.05) is 24.6 Å². The van der Waals surface area contributed by atoms with Crippen molar-refractivity contribution in [1.82, 2.24) is 0 Å². The van der Waals surface area contributed by atoms with E-state index in [4.69, 9.17) is 16.7 Å². The zero-order chi connectivity index (χ0) is 11.7. The van der Waals surface area contributed by atoms with Gasteiger partial charge in [0, 0.05) is 9.72 Å². The highest BCUT2D eigenvalue weighted by Crippen LogP contribution is 2.30. The summed E-state index contributed by atoms with van der Waals surface area (Å²) >= 11 is 7.50. The topological polar surface area (TPSA) is 37.3 Å². The van der Waals surface area contributed by atoms with E-state index in [1.165, 1.54) is 0 Å². The van der Waals surface area contributed by atoms with Crippen LogP contribution in [0.2, 0.25) is 5.02 Å². The smallest absolute Gasteiger partial charge is 0.306 e. The average Bonchev–Trinajstić information content (AvgIpc) is 2.60. The number of carboxylic acids is 1. The van der Waals surface area contributed by atoms with Crippen LogP contribution < -0.4 is 0 Å². The molecule has 1 atom stereocenters. The zero-order valence-corrected chi connectivity index (χ0v) is 10.3. The molecule has 0 bridgehead atoms. The minimum atomic E-state index is -0.756. The van der Waals surface area contributed by atoms with Gasteiger partial charge in [-0.25, -0.2) is 0 Å². The molecule has 0 spiro atoms. The lowest BCUT2D eigenvalue weighted by Gasteiger charge is -2.04. The first-order chi connectivity index (χ1) is 7.58. The third-order valence-corrected chi connectivity index (χ3v) is 3.79. The Kier molecular flexibility index (Phi) is 3.17. The third kappa shape index (κ3) is 2.20. The summed E-state index contributed by atoms with van der Waals surface area (Å²) in [6.45, 7) is 1.72. The molecular weight excluding hydrogens is 244 g/mol. The van der Waals surface area contributed by atoms with Gasteiger partial charge in [0.25, 0.3) is 0 Å². The summed E-state index contributed by atoms with van der Waals surface area (Å²) < 4.78 is 1.11. The molecule has 0 radical (unpaired) electrons. The average molecular weight is 255 g/mol. The molecule has 1 heterocycles. The Balaban J connectivity index is 2.35. The van der Waals surface area contributed by atoms with E-state index in [1.807, 2.05) is 23.6 Å². The van der Waals surface area contributed by atoms with Crippen molar-refractivity contribution in [1.29, 1.82) is 0 Å². The summed E-state index contributed by atoms with van der Waals surface area (Å²) in [4.78, 5) is 10.8. The summed E-state index contributed by atoms with van der Waals surface area (Å²) in [5.74, 6) is -1.11. The molecular formula is C12H11ClO2S. The Bertz CT molecular complexity index is 533. The Morgan fingerprint density at radius 3 is 3.00 bits per heavy atom. The molecule has 0 amide bonds. The van der Waals surface area contributed by atoms with Crippen molar-refractivity contribution in [3.63, 3.8) is 0 Å². The highest BCUT2D eigenvalue weighted by Gasteiger charge is 2.14. The van der Waals surface area contributed by atoms with E-state index in [0.29, 0.717) is 11.4 Å². The van der Waals surface area contributed by atoms with Crippen molar-refractivity contribution < 1.29 is 9.90 Å². The number of thiophene rings is 1. The molecule has 0 saturated carbocycles. The highest BCUT2D eigenvalue weighted by molar-refractivity contribution is 7.17. The third-order valence-electron chi connectivity index (χ3n) is 2.57. The van der Waals surface area contributed by atoms with Crippen LogP contribution in [0.4, 0.5) is 0 Å². The fourth-order valence-corrected chi connectivity index (χ4v) is 2.88. The Labute approximate surface area is 102 Å². The fourth-order valence-electron chi connectivity index (χ4n) is 1.63. The number of fused-ring (bicyclic) bond motifs is 1. The summed E-state index contributed by atoms with van der Waals surface area (Å²) in [5.41, 5.74) is 1.09. The molecule has 1 unspecified atom stereocenters. The molecule has 0 aliphatic rings. The quantitative estimate of drug-likeness (QED) is 0.904. The maximum absolute atomic E-state index is 10.8. The lowest BCUT2D eigenvalue weighted by Crippen LogP contribution is -2.11. The van der Waals surface area contributed by atoms with Crippen LogP contribution in [0.1, 0.15) is 12.5 Å². The molecule has 16 heavy (non-hydrogen) atoms. The first-order valence-corrected chi connectivity index (χ1v) is 6.22. The molecule has 2 rings (SSSR count). The van der Waals surface area contributed by atoms with Crippen molar-refractivity contribution >= 4 is 39.0 Å². The van der Waals surface area contributed by atoms with Gasteiger partial charge in [0.1, 0.15) is 0 Å². The van der Waals surface area contributed by atoms with Gasteiger partial charge in [-0.05, 0) is 34.9 Å². The van der Waals surface area contributed by atoms with Crippen LogP contribution in [-0.2, 0) is 11.2 Å². The van der Waals surface area contributed by atoms with Crippen molar-refractivity contribution in [2.75, 3.05) is 0 Å². The van der Waals surface area contributed by atoms with Gasteiger partial charge < -0.3 is 5.11 Å². The van der Waals surface area contributed by atoms with Gasteiger partial charge in [0.2, 0.25) is 0 Å². The first kappa shape index (κ1) is 11.4. The summed E-state index contributed by atoms with van der Waals surface area (Å²) in [6.07, 6.45) is 0.566. The molecule has 84 valence electrons. The largest absolute Gasteiger partial charge is 0.481 e. The molecule has 1 aromatic carbocycles. The van der Waals surface area contributed by atoms with Gasteiger partial charge in [-0.2, -0.15) is 0 Å². The van der Waals surface area contributed by atoms with E-state index < -0.39 is 5.97 Å². The van der Waals surface area contributed by atoms with Crippen LogP contribution in [0.5, 0.6) is 0 Å². The Hall–Kier alpha value is -1.06. The van der Waals surface area contributed by atoms with Crippen LogP contribution in [0.15, 0.2) is 23.6 Å². The lowest BCUT2D eigenvalue weighted by molar-refractivity contribution is -0.141. The second-order valence-corrected chi connectivity index (χ2v) is 5.19. The minimum Gasteiger partial charge on any atom is -0.481 e. The molecule has 2 nitrogen and oxygen atoms in total. The van der Waals surface area contributed by atoms with E-state index in [9.17, 15) is 4.79 Å². The van der Waals surface area contributed by atoms with Gasteiger partial charge in [0.05, 0.1) is 5.92 Å². The Morgan fingerprint density at radius 1 is 1.56 bits per heavy atom. The number of benzene rings is 1. The van der Waals surface area contributed by atoms with Crippen molar-refractivity contribution in [2.24, 2.45) is 5.92 Å². The Morgan fingerprint density at radius 2 is 2.31 bits per heavy atom. The van der Waals surface area contributed by atoms with Gasteiger partial charge in [-0.15, -0.1) is 11.3 Å². The van der Waals surface area contributed by atoms with Crippen LogP contribution in [0, 0.1) is 5.92 Å². The van der Waals surface area contributed by atoms with E-state index in [-0.39, 0.29) is 5.92 Å². The van der Waals surface area contributed by atoms with Crippen LogP contribution in [0.3, 0.4) is 0 Å². The van der Waals surface area contributed by atoms with Gasteiger partial charge in [-0.3, -0.25) is 4.79 Å². The monoisotopic (exact) mass is 254 g/mol. The number of halogens is 1. The SMILES string of the molecule is CC(Cc1csc2cc(Cl)ccc12)C(=O)O. The lowest BCUT2D eigenvalue weighted by atomic mass is 10.0. The second kappa shape index (κ2) is 4.44. The summed E-state index contributed by atoms with van der Waals surface area (Å²) in [5, 5.41) is 12.7. The number of hydrogen-bond donors (Lipinski definition) is 1. The number of carboxylic acid groups (broad SMARTS) is 1. The summed E-state index contributed by atoms with van der Waals surface area (Å²) in [6, 6.07) is 5.71. The molecule has 1 aromatic heterocycles. The van der Waals surface area contributed by atoms with Crippen LogP contribution in [-0.4, -0.2) is 11.1 Å². The van der Waals surface area contributed by atoms with Crippen LogP contribution in [0.25, 0.3) is 10.1 Å². The number of aliphatic carboxylic acids is 1. The van der Waals surface area contributed by atoms with Crippen molar-refractivity contribution in [3.8, 4) is 0 Å².